The van der Waals surface area contributed by atoms with E-state index in [2.05, 4.69) is 5.32 Å². The van der Waals surface area contributed by atoms with Gasteiger partial charge in [-0.25, -0.2) is 4.79 Å². The highest BCUT2D eigenvalue weighted by Crippen LogP contribution is 1.95. The van der Waals surface area contributed by atoms with Gasteiger partial charge in [-0.2, -0.15) is 0 Å². The zero-order valence-electron chi connectivity index (χ0n) is 9.45. The Morgan fingerprint density at radius 2 is 2.00 bits per heavy atom. The molecule has 0 aliphatic rings. The molecule has 5 nitrogen and oxygen atoms in total. The molecule has 1 unspecified atom stereocenters. The predicted molar refractivity (Wildman–Crippen MR) is 55.6 cm³/mol. The van der Waals surface area contributed by atoms with Crippen molar-refractivity contribution in [3.8, 4) is 0 Å². The molecular formula is C10H19NO4. The maximum absolute atomic E-state index is 11.2. The van der Waals surface area contributed by atoms with Crippen LogP contribution in [0.1, 0.15) is 33.6 Å². The number of nitrogens with one attached hydrogen (secondary N) is 1. The van der Waals surface area contributed by atoms with Gasteiger partial charge in [-0.15, -0.1) is 0 Å². The average Bonchev–Trinajstić information content (AvgIpc) is 2.14. The molecule has 0 rings (SSSR count). The fourth-order valence-corrected chi connectivity index (χ4v) is 1.09. The molecule has 15 heavy (non-hydrogen) atoms. The summed E-state index contributed by atoms with van der Waals surface area (Å²) < 4.78 is 4.83. The fraction of sp³-hybridized carbons (Fsp3) is 0.800. The second-order valence-electron chi connectivity index (χ2n) is 3.55. The zero-order chi connectivity index (χ0) is 11.8. The predicted octanol–water partition coefficient (Wildman–Crippen LogP) is 0.781. The van der Waals surface area contributed by atoms with Crippen LogP contribution in [-0.4, -0.2) is 35.7 Å². The van der Waals surface area contributed by atoms with E-state index in [-0.39, 0.29) is 18.6 Å². The van der Waals surface area contributed by atoms with Gasteiger partial charge in [0.15, 0.2) is 6.10 Å². The van der Waals surface area contributed by atoms with E-state index in [1.807, 2.05) is 13.8 Å². The minimum absolute atomic E-state index is 0.103. The lowest BCUT2D eigenvalue weighted by Crippen LogP contribution is -2.36. The number of hydrogen-bond donors (Lipinski definition) is 2. The lowest BCUT2D eigenvalue weighted by molar-refractivity contribution is -0.150. The SMILES string of the molecule is CCCC(C)NC(=O)CO[C@@H](C)C(=O)O. The molecule has 0 aromatic carbocycles. The van der Waals surface area contributed by atoms with E-state index in [9.17, 15) is 9.59 Å². The second-order valence-corrected chi connectivity index (χ2v) is 3.55. The van der Waals surface area contributed by atoms with E-state index >= 15 is 0 Å². The van der Waals surface area contributed by atoms with Crippen molar-refractivity contribution >= 4 is 11.9 Å². The van der Waals surface area contributed by atoms with Crippen molar-refractivity contribution in [2.45, 2.75) is 45.8 Å². The van der Waals surface area contributed by atoms with Crippen LogP contribution >= 0.6 is 0 Å². The minimum atomic E-state index is -1.07. The first-order valence-corrected chi connectivity index (χ1v) is 5.11. The third-order valence-corrected chi connectivity index (χ3v) is 1.94. The summed E-state index contributed by atoms with van der Waals surface area (Å²) in [5.74, 6) is -1.34. The van der Waals surface area contributed by atoms with Gasteiger partial charge >= 0.3 is 5.97 Å². The average molecular weight is 217 g/mol. The summed E-state index contributed by atoms with van der Waals surface area (Å²) in [6.07, 6.45) is 0.950. The molecule has 1 amide bonds. The highest BCUT2D eigenvalue weighted by molar-refractivity contribution is 5.78. The second kappa shape index (κ2) is 7.23. The van der Waals surface area contributed by atoms with Crippen molar-refractivity contribution in [1.29, 1.82) is 0 Å². The number of rotatable bonds is 7. The van der Waals surface area contributed by atoms with Crippen molar-refractivity contribution in [3.05, 3.63) is 0 Å². The van der Waals surface area contributed by atoms with E-state index in [1.54, 1.807) is 0 Å². The molecule has 0 heterocycles. The van der Waals surface area contributed by atoms with Gasteiger partial charge in [0.05, 0.1) is 0 Å². The van der Waals surface area contributed by atoms with E-state index < -0.39 is 12.1 Å². The summed E-state index contributed by atoms with van der Waals surface area (Å²) in [5, 5.41) is 11.2. The van der Waals surface area contributed by atoms with Crippen LogP contribution in [0, 0.1) is 0 Å². The summed E-state index contributed by atoms with van der Waals surface area (Å²) in [6, 6.07) is 0.103. The van der Waals surface area contributed by atoms with Gasteiger partial charge in [0.25, 0.3) is 0 Å². The van der Waals surface area contributed by atoms with Gasteiger partial charge in [-0.1, -0.05) is 13.3 Å². The van der Waals surface area contributed by atoms with E-state index in [0.717, 1.165) is 12.8 Å². The number of carbonyl (C=O) groups excluding carboxylic acids is 1. The number of amides is 1. The summed E-state index contributed by atoms with van der Waals surface area (Å²) >= 11 is 0. The number of ether oxygens (including phenoxy) is 1. The Morgan fingerprint density at radius 1 is 1.40 bits per heavy atom. The normalized spacial score (nSPS) is 14.3. The van der Waals surface area contributed by atoms with Crippen molar-refractivity contribution in [2.24, 2.45) is 0 Å². The van der Waals surface area contributed by atoms with Crippen LogP contribution in [0.3, 0.4) is 0 Å². The van der Waals surface area contributed by atoms with Crippen LogP contribution in [0.25, 0.3) is 0 Å². The van der Waals surface area contributed by atoms with Crippen molar-refractivity contribution in [3.63, 3.8) is 0 Å². The van der Waals surface area contributed by atoms with E-state index in [1.165, 1.54) is 6.92 Å². The van der Waals surface area contributed by atoms with Crippen LogP contribution in [0.5, 0.6) is 0 Å². The molecular weight excluding hydrogens is 198 g/mol. The minimum Gasteiger partial charge on any atom is -0.479 e. The molecule has 0 bridgehead atoms. The number of carbonyl (C=O) groups is 2. The molecule has 0 saturated heterocycles. The molecule has 5 heteroatoms. The highest BCUT2D eigenvalue weighted by Gasteiger charge is 2.13. The first kappa shape index (κ1) is 13.9. The molecule has 0 aromatic rings. The van der Waals surface area contributed by atoms with Crippen molar-refractivity contribution < 1.29 is 19.4 Å². The number of hydrogen-bond acceptors (Lipinski definition) is 3. The Bertz CT molecular complexity index is 217. The molecule has 0 aromatic heterocycles. The van der Waals surface area contributed by atoms with Gasteiger partial charge in [0.1, 0.15) is 6.61 Å². The molecule has 0 saturated carbocycles. The van der Waals surface area contributed by atoms with Gasteiger partial charge < -0.3 is 15.2 Å². The van der Waals surface area contributed by atoms with E-state index in [4.69, 9.17) is 9.84 Å². The first-order chi connectivity index (χ1) is 6.97. The fourth-order valence-electron chi connectivity index (χ4n) is 1.09. The summed E-state index contributed by atoms with van der Waals surface area (Å²) in [4.78, 5) is 21.6. The Hall–Kier alpha value is -1.10. The van der Waals surface area contributed by atoms with Crippen LogP contribution in [-0.2, 0) is 14.3 Å². The van der Waals surface area contributed by atoms with Crippen molar-refractivity contribution in [2.75, 3.05) is 6.61 Å². The quantitative estimate of drug-likeness (QED) is 0.660. The third kappa shape index (κ3) is 6.90. The lowest BCUT2D eigenvalue weighted by Gasteiger charge is -2.13. The molecule has 0 aliphatic heterocycles. The lowest BCUT2D eigenvalue weighted by atomic mass is 10.2. The maximum Gasteiger partial charge on any atom is 0.332 e. The van der Waals surface area contributed by atoms with E-state index in [0.29, 0.717) is 0 Å². The molecule has 0 spiro atoms. The molecule has 88 valence electrons. The van der Waals surface area contributed by atoms with Crippen LogP contribution in [0.4, 0.5) is 0 Å². The Balaban J connectivity index is 3.70. The zero-order valence-corrected chi connectivity index (χ0v) is 9.45. The smallest absolute Gasteiger partial charge is 0.332 e. The molecule has 2 N–H and O–H groups in total. The molecule has 2 atom stereocenters. The Morgan fingerprint density at radius 3 is 2.47 bits per heavy atom. The van der Waals surface area contributed by atoms with Crippen LogP contribution < -0.4 is 5.32 Å². The monoisotopic (exact) mass is 217 g/mol. The van der Waals surface area contributed by atoms with Gasteiger partial charge in [0.2, 0.25) is 5.91 Å². The molecule has 0 fully saturated rings. The molecule has 0 aliphatic carbocycles. The highest BCUT2D eigenvalue weighted by atomic mass is 16.5. The largest absolute Gasteiger partial charge is 0.479 e. The summed E-state index contributed by atoms with van der Waals surface area (Å²) in [7, 11) is 0. The standard InChI is InChI=1S/C10H19NO4/c1-4-5-7(2)11-9(12)6-15-8(3)10(13)14/h7-8H,4-6H2,1-3H3,(H,11,12)(H,13,14)/t7?,8-/m0/s1. The van der Waals surface area contributed by atoms with Gasteiger partial charge in [0, 0.05) is 6.04 Å². The van der Waals surface area contributed by atoms with Crippen LogP contribution in [0.2, 0.25) is 0 Å². The third-order valence-electron chi connectivity index (χ3n) is 1.94. The summed E-state index contributed by atoms with van der Waals surface area (Å²) in [6.45, 7) is 5.13. The van der Waals surface area contributed by atoms with Crippen molar-refractivity contribution in [1.82, 2.24) is 5.32 Å². The first-order valence-electron chi connectivity index (χ1n) is 5.11. The number of aliphatic carboxylic acids is 1. The number of carboxylic acids is 1. The number of carboxylic acid groups (broad SMARTS) is 1. The Kier molecular flexibility index (Phi) is 6.70. The maximum atomic E-state index is 11.2. The van der Waals surface area contributed by atoms with Gasteiger partial charge in [-0.3, -0.25) is 4.79 Å². The van der Waals surface area contributed by atoms with Gasteiger partial charge in [-0.05, 0) is 20.3 Å². The van der Waals surface area contributed by atoms with Crippen LogP contribution in [0.15, 0.2) is 0 Å². The topological polar surface area (TPSA) is 75.6 Å². The molecule has 0 radical (unpaired) electrons. The Labute approximate surface area is 89.8 Å². The summed E-state index contributed by atoms with van der Waals surface area (Å²) in [5.41, 5.74) is 0.